The molecule has 0 radical (unpaired) electrons. The number of hydrogen-bond donors (Lipinski definition) is 3. The first-order chi connectivity index (χ1) is 13.5. The highest BCUT2D eigenvalue weighted by Gasteiger charge is 2.08. The smallest absolute Gasteiger partial charge is 0.251 e. The summed E-state index contributed by atoms with van der Waals surface area (Å²) in [6.45, 7) is 0.363. The minimum absolute atomic E-state index is 0.0446. The summed E-state index contributed by atoms with van der Waals surface area (Å²) >= 11 is 11.9. The van der Waals surface area contributed by atoms with Crippen molar-refractivity contribution in [1.82, 2.24) is 5.32 Å². The second kappa shape index (κ2) is 9.30. The Hall–Kier alpha value is -2.96. The Morgan fingerprint density at radius 2 is 1.79 bits per heavy atom. The van der Waals surface area contributed by atoms with Gasteiger partial charge in [-0.15, -0.1) is 0 Å². The van der Waals surface area contributed by atoms with Gasteiger partial charge < -0.3 is 20.4 Å². The molecule has 0 aliphatic rings. The van der Waals surface area contributed by atoms with Crippen LogP contribution < -0.4 is 16.0 Å². The van der Waals surface area contributed by atoms with E-state index < -0.39 is 0 Å². The number of rotatable bonds is 7. The van der Waals surface area contributed by atoms with Gasteiger partial charge in [0.2, 0.25) is 5.91 Å². The van der Waals surface area contributed by atoms with Crippen LogP contribution >= 0.6 is 23.2 Å². The maximum atomic E-state index is 12.1. The van der Waals surface area contributed by atoms with Crippen LogP contribution in [0.3, 0.4) is 0 Å². The summed E-state index contributed by atoms with van der Waals surface area (Å²) in [5.74, 6) is 0.209. The van der Waals surface area contributed by atoms with Crippen LogP contribution in [0.4, 0.5) is 11.4 Å². The summed E-state index contributed by atoms with van der Waals surface area (Å²) < 4.78 is 5.17. The second-order valence-electron chi connectivity index (χ2n) is 5.87. The van der Waals surface area contributed by atoms with Crippen molar-refractivity contribution in [2.75, 3.05) is 17.2 Å². The third-order valence-corrected chi connectivity index (χ3v) is 4.36. The van der Waals surface area contributed by atoms with Gasteiger partial charge in [0.1, 0.15) is 5.76 Å². The fourth-order valence-electron chi connectivity index (χ4n) is 2.39. The van der Waals surface area contributed by atoms with Crippen molar-refractivity contribution in [2.45, 2.75) is 6.54 Å². The summed E-state index contributed by atoms with van der Waals surface area (Å²) in [7, 11) is 0. The van der Waals surface area contributed by atoms with Crippen LogP contribution in [0.15, 0.2) is 65.3 Å². The van der Waals surface area contributed by atoms with Gasteiger partial charge in [-0.25, -0.2) is 0 Å². The van der Waals surface area contributed by atoms with Gasteiger partial charge >= 0.3 is 0 Å². The van der Waals surface area contributed by atoms with Gasteiger partial charge in [0.25, 0.3) is 5.91 Å². The first-order valence-corrected chi connectivity index (χ1v) is 9.16. The Morgan fingerprint density at radius 1 is 1.00 bits per heavy atom. The van der Waals surface area contributed by atoms with Gasteiger partial charge in [0, 0.05) is 16.3 Å². The molecular formula is C20H17Cl2N3O3. The normalized spacial score (nSPS) is 10.4. The van der Waals surface area contributed by atoms with Crippen LogP contribution in [-0.2, 0) is 11.3 Å². The van der Waals surface area contributed by atoms with Crippen LogP contribution in [0.2, 0.25) is 10.0 Å². The molecule has 28 heavy (non-hydrogen) atoms. The third-order valence-electron chi connectivity index (χ3n) is 3.81. The van der Waals surface area contributed by atoms with Crippen molar-refractivity contribution in [3.8, 4) is 0 Å². The van der Waals surface area contributed by atoms with Crippen molar-refractivity contribution in [3.05, 3.63) is 82.2 Å². The molecule has 0 spiro atoms. The number of nitrogens with one attached hydrogen (secondary N) is 3. The molecule has 0 atom stereocenters. The lowest BCUT2D eigenvalue weighted by atomic mass is 10.2. The standard InChI is InChI=1S/C20H17Cl2N3O3/c21-14-5-8-18(17(22)10-14)25-19(26)12-23-15-6-3-13(4-7-15)20(27)24-11-16-2-1-9-28-16/h1-10,23H,11-12H2,(H,24,27)(H,25,26). The number of carbonyl (C=O) groups is 2. The predicted octanol–water partition coefficient (Wildman–Crippen LogP) is 4.57. The number of benzene rings is 2. The number of furan rings is 1. The minimum Gasteiger partial charge on any atom is -0.467 e. The monoisotopic (exact) mass is 417 g/mol. The van der Waals surface area contributed by atoms with Crippen molar-refractivity contribution in [2.24, 2.45) is 0 Å². The quantitative estimate of drug-likeness (QED) is 0.525. The summed E-state index contributed by atoms with van der Waals surface area (Å²) in [6, 6.07) is 15.2. The zero-order valence-electron chi connectivity index (χ0n) is 14.7. The molecule has 0 aliphatic carbocycles. The molecule has 0 unspecified atom stereocenters. The molecule has 6 nitrogen and oxygen atoms in total. The molecule has 0 fully saturated rings. The van der Waals surface area contributed by atoms with E-state index in [0.29, 0.717) is 39.3 Å². The van der Waals surface area contributed by atoms with Gasteiger partial charge in [-0.05, 0) is 54.6 Å². The fourth-order valence-corrected chi connectivity index (χ4v) is 2.85. The predicted molar refractivity (Wildman–Crippen MR) is 110 cm³/mol. The van der Waals surface area contributed by atoms with E-state index >= 15 is 0 Å². The molecule has 144 valence electrons. The molecule has 0 saturated carbocycles. The molecule has 3 rings (SSSR count). The minimum atomic E-state index is -0.260. The third kappa shape index (κ3) is 5.52. The number of amides is 2. The first-order valence-electron chi connectivity index (χ1n) is 8.40. The Bertz CT molecular complexity index is 957. The molecule has 3 aromatic rings. The van der Waals surface area contributed by atoms with Crippen molar-refractivity contribution >= 4 is 46.4 Å². The van der Waals surface area contributed by atoms with Crippen LogP contribution in [-0.4, -0.2) is 18.4 Å². The molecular weight excluding hydrogens is 401 g/mol. The van der Waals surface area contributed by atoms with Gasteiger partial charge in [-0.3, -0.25) is 9.59 Å². The summed E-state index contributed by atoms with van der Waals surface area (Å²) in [5, 5.41) is 9.32. The molecule has 3 N–H and O–H groups in total. The Balaban J connectivity index is 1.48. The van der Waals surface area contributed by atoms with Gasteiger partial charge in [-0.1, -0.05) is 23.2 Å². The lowest BCUT2D eigenvalue weighted by Crippen LogP contribution is -2.23. The Labute approximate surface area is 171 Å². The molecule has 0 saturated heterocycles. The highest BCUT2D eigenvalue weighted by molar-refractivity contribution is 6.36. The van der Waals surface area contributed by atoms with E-state index in [9.17, 15) is 9.59 Å². The van der Waals surface area contributed by atoms with E-state index in [1.807, 2.05) is 0 Å². The summed E-state index contributed by atoms with van der Waals surface area (Å²) in [4.78, 5) is 24.2. The van der Waals surface area contributed by atoms with E-state index in [2.05, 4.69) is 16.0 Å². The van der Waals surface area contributed by atoms with Crippen LogP contribution in [0.1, 0.15) is 16.1 Å². The van der Waals surface area contributed by atoms with E-state index in [1.165, 1.54) is 0 Å². The van der Waals surface area contributed by atoms with E-state index in [1.54, 1.807) is 60.9 Å². The second-order valence-corrected chi connectivity index (χ2v) is 6.71. The highest BCUT2D eigenvalue weighted by atomic mass is 35.5. The maximum absolute atomic E-state index is 12.1. The van der Waals surface area contributed by atoms with Crippen molar-refractivity contribution < 1.29 is 14.0 Å². The number of carbonyl (C=O) groups excluding carboxylic acids is 2. The molecule has 0 aliphatic heterocycles. The van der Waals surface area contributed by atoms with Gasteiger partial charge in [-0.2, -0.15) is 0 Å². The lowest BCUT2D eigenvalue weighted by Gasteiger charge is -2.10. The molecule has 0 bridgehead atoms. The number of hydrogen-bond acceptors (Lipinski definition) is 4. The first kappa shape index (κ1) is 19.8. The van der Waals surface area contributed by atoms with E-state index in [0.717, 1.165) is 0 Å². The average Bonchev–Trinajstić information content (AvgIpc) is 3.21. The van der Waals surface area contributed by atoms with Crippen LogP contribution in [0.25, 0.3) is 0 Å². The average molecular weight is 418 g/mol. The molecule has 2 aromatic carbocycles. The van der Waals surface area contributed by atoms with Gasteiger partial charge in [0.05, 0.1) is 30.1 Å². The molecule has 1 heterocycles. The largest absolute Gasteiger partial charge is 0.467 e. The Morgan fingerprint density at radius 3 is 2.46 bits per heavy atom. The zero-order chi connectivity index (χ0) is 19.9. The van der Waals surface area contributed by atoms with E-state index in [4.69, 9.17) is 27.6 Å². The summed E-state index contributed by atoms with van der Waals surface area (Å²) in [6.07, 6.45) is 1.55. The highest BCUT2D eigenvalue weighted by Crippen LogP contribution is 2.25. The lowest BCUT2D eigenvalue weighted by molar-refractivity contribution is -0.114. The zero-order valence-corrected chi connectivity index (χ0v) is 16.2. The molecule has 8 heteroatoms. The topological polar surface area (TPSA) is 83.4 Å². The number of anilines is 2. The fraction of sp³-hybridized carbons (Fsp3) is 0.100. The van der Waals surface area contributed by atoms with Gasteiger partial charge in [0.15, 0.2) is 0 Å². The van der Waals surface area contributed by atoms with E-state index in [-0.39, 0.29) is 18.4 Å². The molecule has 1 aromatic heterocycles. The van der Waals surface area contributed by atoms with Crippen LogP contribution in [0, 0.1) is 0 Å². The van der Waals surface area contributed by atoms with Crippen LogP contribution in [0.5, 0.6) is 0 Å². The number of halogens is 2. The Kier molecular flexibility index (Phi) is 6.57. The molecule has 2 amide bonds. The van der Waals surface area contributed by atoms with Crippen molar-refractivity contribution in [1.29, 1.82) is 0 Å². The van der Waals surface area contributed by atoms with Crippen molar-refractivity contribution in [3.63, 3.8) is 0 Å². The maximum Gasteiger partial charge on any atom is 0.251 e. The SMILES string of the molecule is O=C(CNc1ccc(C(=O)NCc2ccco2)cc1)Nc1ccc(Cl)cc1Cl. The summed E-state index contributed by atoms with van der Waals surface area (Å²) in [5.41, 5.74) is 1.70.